The Bertz CT molecular complexity index is 52.0. The van der Waals surface area contributed by atoms with E-state index in [2.05, 4.69) is 12.2 Å². The minimum Gasteiger partial charge on any atom is -0.374 e. The van der Waals surface area contributed by atoms with E-state index >= 15 is 0 Å². The smallest absolute Gasteiger partial charge is 0.0753 e. The van der Waals surface area contributed by atoms with Crippen LogP contribution in [0.15, 0.2) is 0 Å². The fraction of sp³-hybridized carbons (Fsp3) is 0.800. The van der Waals surface area contributed by atoms with Crippen LogP contribution in [0.25, 0.3) is 0 Å². The van der Waals surface area contributed by atoms with Crippen molar-refractivity contribution in [1.29, 1.82) is 0 Å². The van der Waals surface area contributed by atoms with Gasteiger partial charge in [0.25, 0.3) is 0 Å². The standard InChI is InChI=1S/C5H10OS/c1-5(2)6-3-4-7/h4-5H,3H2,1-2H3. The maximum atomic E-state index is 5.03. The fourth-order valence-corrected chi connectivity index (χ4v) is 0.310. The summed E-state index contributed by atoms with van der Waals surface area (Å²) in [5.74, 6) is 0. The van der Waals surface area contributed by atoms with Gasteiger partial charge in [-0.2, -0.15) is 0 Å². The van der Waals surface area contributed by atoms with E-state index in [1.807, 2.05) is 13.8 Å². The Hall–Kier alpha value is 0.0500. The molecule has 0 aromatic rings. The first-order valence-electron chi connectivity index (χ1n) is 2.32. The van der Waals surface area contributed by atoms with Crippen molar-refractivity contribution >= 4 is 17.6 Å². The van der Waals surface area contributed by atoms with Crippen LogP contribution < -0.4 is 0 Å². The lowest BCUT2D eigenvalue weighted by Gasteiger charge is -2.00. The zero-order valence-electron chi connectivity index (χ0n) is 4.68. The zero-order valence-corrected chi connectivity index (χ0v) is 5.49. The molecule has 0 spiro atoms. The number of ether oxygens (including phenoxy) is 1. The topological polar surface area (TPSA) is 9.23 Å². The summed E-state index contributed by atoms with van der Waals surface area (Å²) in [4.78, 5) is 0. The summed E-state index contributed by atoms with van der Waals surface area (Å²) < 4.78 is 5.03. The van der Waals surface area contributed by atoms with Gasteiger partial charge in [-0.15, -0.1) is 0 Å². The number of hydrogen-bond acceptors (Lipinski definition) is 2. The molecule has 0 aliphatic heterocycles. The summed E-state index contributed by atoms with van der Waals surface area (Å²) in [6.45, 7) is 4.56. The third-order valence-corrected chi connectivity index (χ3v) is 0.634. The molecule has 0 aromatic heterocycles. The van der Waals surface area contributed by atoms with Crippen molar-refractivity contribution in [3.63, 3.8) is 0 Å². The van der Waals surface area contributed by atoms with Crippen molar-refractivity contribution in [3.8, 4) is 0 Å². The highest BCUT2D eigenvalue weighted by Crippen LogP contribution is 1.83. The zero-order chi connectivity index (χ0) is 5.70. The molecule has 42 valence electrons. The summed E-state index contributed by atoms with van der Waals surface area (Å²) in [6, 6.07) is 0. The molecule has 0 aliphatic carbocycles. The van der Waals surface area contributed by atoms with E-state index < -0.39 is 0 Å². The first-order valence-corrected chi connectivity index (χ1v) is 2.79. The van der Waals surface area contributed by atoms with Gasteiger partial charge in [0, 0.05) is 5.37 Å². The number of hydrogen-bond donors (Lipinski definition) is 0. The van der Waals surface area contributed by atoms with Crippen LogP contribution in [0.5, 0.6) is 0 Å². The Balaban J connectivity index is 2.81. The molecule has 0 aromatic carbocycles. The molecule has 0 saturated heterocycles. The Labute approximate surface area is 49.7 Å². The second kappa shape index (κ2) is 4.22. The van der Waals surface area contributed by atoms with Crippen molar-refractivity contribution in [1.82, 2.24) is 0 Å². The summed E-state index contributed by atoms with van der Waals surface area (Å²) in [7, 11) is 0. The average Bonchev–Trinajstić information content (AvgIpc) is 1.61. The summed E-state index contributed by atoms with van der Waals surface area (Å²) in [5.41, 5.74) is 0. The van der Waals surface area contributed by atoms with Crippen molar-refractivity contribution in [2.24, 2.45) is 0 Å². The van der Waals surface area contributed by atoms with Gasteiger partial charge in [0.1, 0.15) is 0 Å². The van der Waals surface area contributed by atoms with E-state index in [-0.39, 0.29) is 0 Å². The molecule has 0 unspecified atom stereocenters. The Kier molecular flexibility index (Phi) is 4.25. The second-order valence-electron chi connectivity index (χ2n) is 1.55. The lowest BCUT2D eigenvalue weighted by molar-refractivity contribution is 0.114. The van der Waals surface area contributed by atoms with Crippen LogP contribution in [0.2, 0.25) is 0 Å². The maximum Gasteiger partial charge on any atom is 0.0753 e. The predicted octanol–water partition coefficient (Wildman–Crippen LogP) is 1.41. The van der Waals surface area contributed by atoms with E-state index in [9.17, 15) is 0 Å². The first-order chi connectivity index (χ1) is 3.27. The van der Waals surface area contributed by atoms with Crippen LogP contribution in [0.4, 0.5) is 0 Å². The van der Waals surface area contributed by atoms with Crippen LogP contribution in [-0.2, 0) is 4.74 Å². The third kappa shape index (κ3) is 6.05. The summed E-state index contributed by atoms with van der Waals surface area (Å²) in [6.07, 6.45) is 0.305. The molecule has 0 heterocycles. The SMILES string of the molecule is CC(C)OCC=S. The Morgan fingerprint density at radius 3 is 2.43 bits per heavy atom. The minimum atomic E-state index is 0.305. The molecule has 0 amide bonds. The summed E-state index contributed by atoms with van der Waals surface area (Å²) >= 11 is 4.52. The van der Waals surface area contributed by atoms with E-state index in [0.717, 1.165) is 0 Å². The van der Waals surface area contributed by atoms with E-state index in [4.69, 9.17) is 4.74 Å². The predicted molar refractivity (Wildman–Crippen MR) is 34.7 cm³/mol. The third-order valence-electron chi connectivity index (χ3n) is 0.498. The molecular weight excluding hydrogens is 108 g/mol. The van der Waals surface area contributed by atoms with Gasteiger partial charge in [-0.1, -0.05) is 12.2 Å². The van der Waals surface area contributed by atoms with Crippen molar-refractivity contribution in [2.45, 2.75) is 20.0 Å². The molecular formula is C5H10OS. The molecule has 0 atom stereocenters. The van der Waals surface area contributed by atoms with Crippen LogP contribution in [0.3, 0.4) is 0 Å². The first kappa shape index (κ1) is 7.05. The molecule has 0 fully saturated rings. The van der Waals surface area contributed by atoms with Gasteiger partial charge in [0.05, 0.1) is 12.7 Å². The van der Waals surface area contributed by atoms with Gasteiger partial charge in [-0.25, -0.2) is 0 Å². The molecule has 0 N–H and O–H groups in total. The Morgan fingerprint density at radius 2 is 2.29 bits per heavy atom. The maximum absolute atomic E-state index is 5.03. The lowest BCUT2D eigenvalue weighted by Crippen LogP contribution is -2.03. The van der Waals surface area contributed by atoms with Crippen LogP contribution in [-0.4, -0.2) is 18.1 Å². The van der Waals surface area contributed by atoms with E-state index in [1.54, 1.807) is 5.37 Å². The number of thiocarbonyl (C=S) groups is 1. The molecule has 0 saturated carbocycles. The van der Waals surface area contributed by atoms with Crippen molar-refractivity contribution in [3.05, 3.63) is 0 Å². The fourth-order valence-electron chi connectivity index (χ4n) is 0.232. The second-order valence-corrected chi connectivity index (χ2v) is 1.88. The summed E-state index contributed by atoms with van der Waals surface area (Å²) in [5, 5.41) is 1.58. The van der Waals surface area contributed by atoms with Gasteiger partial charge in [-0.05, 0) is 13.8 Å². The largest absolute Gasteiger partial charge is 0.374 e. The van der Waals surface area contributed by atoms with Crippen molar-refractivity contribution in [2.75, 3.05) is 6.61 Å². The highest BCUT2D eigenvalue weighted by atomic mass is 32.1. The molecule has 7 heavy (non-hydrogen) atoms. The Morgan fingerprint density at radius 1 is 1.71 bits per heavy atom. The highest BCUT2D eigenvalue weighted by Gasteiger charge is 1.85. The molecule has 1 nitrogen and oxygen atoms in total. The molecule has 0 aliphatic rings. The molecule has 0 rings (SSSR count). The lowest BCUT2D eigenvalue weighted by atomic mass is 10.5. The van der Waals surface area contributed by atoms with Crippen LogP contribution in [0.1, 0.15) is 13.8 Å². The normalized spacial score (nSPS) is 9.57. The van der Waals surface area contributed by atoms with Crippen LogP contribution >= 0.6 is 12.2 Å². The molecule has 0 radical (unpaired) electrons. The molecule has 0 bridgehead atoms. The quantitative estimate of drug-likeness (QED) is 0.518. The molecule has 2 heteroatoms. The monoisotopic (exact) mass is 118 g/mol. The minimum absolute atomic E-state index is 0.305. The van der Waals surface area contributed by atoms with Gasteiger partial charge >= 0.3 is 0 Å². The average molecular weight is 118 g/mol. The van der Waals surface area contributed by atoms with Gasteiger partial charge in [-0.3, -0.25) is 0 Å². The number of rotatable bonds is 3. The van der Waals surface area contributed by atoms with Gasteiger partial charge in [0.2, 0.25) is 0 Å². The van der Waals surface area contributed by atoms with Crippen LogP contribution in [0, 0.1) is 0 Å². The highest BCUT2D eigenvalue weighted by molar-refractivity contribution is 7.79. The van der Waals surface area contributed by atoms with Gasteiger partial charge in [0.15, 0.2) is 0 Å². The van der Waals surface area contributed by atoms with Crippen molar-refractivity contribution < 1.29 is 4.74 Å². The van der Waals surface area contributed by atoms with E-state index in [0.29, 0.717) is 12.7 Å². The van der Waals surface area contributed by atoms with Gasteiger partial charge < -0.3 is 4.74 Å². The van der Waals surface area contributed by atoms with E-state index in [1.165, 1.54) is 0 Å².